The van der Waals surface area contributed by atoms with Gasteiger partial charge < -0.3 is 5.32 Å². The van der Waals surface area contributed by atoms with Crippen molar-refractivity contribution in [2.75, 3.05) is 0 Å². The van der Waals surface area contributed by atoms with Crippen LogP contribution in [0, 0.1) is 0 Å². The quantitative estimate of drug-likeness (QED) is 0.184. The minimum absolute atomic E-state index is 0.294. The van der Waals surface area contributed by atoms with Crippen LogP contribution in [0.25, 0.3) is 55.2 Å². The first-order valence-electron chi connectivity index (χ1n) is 16.7. The number of aliphatic imine (C=N–C) groups is 2. The SMILES string of the molecule is c1ccc(C2=N[C@H](c3ccccc3)NC(c3cc(-c4ccc(-c5ncccn5)cc4)cc(-c4cc5ccccc5c5ccccc45)c3)=N2)cc1. The van der Waals surface area contributed by atoms with E-state index in [1.807, 2.05) is 42.5 Å². The van der Waals surface area contributed by atoms with Gasteiger partial charge in [-0.25, -0.2) is 20.0 Å². The second-order valence-corrected chi connectivity index (χ2v) is 12.4. The van der Waals surface area contributed by atoms with Crippen molar-refractivity contribution in [1.82, 2.24) is 15.3 Å². The highest BCUT2D eigenvalue weighted by Gasteiger charge is 2.22. The van der Waals surface area contributed by atoms with Gasteiger partial charge in [-0.05, 0) is 79.7 Å². The Balaban J connectivity index is 1.24. The number of hydrogen-bond acceptors (Lipinski definition) is 5. The smallest absolute Gasteiger partial charge is 0.159 e. The predicted octanol–water partition coefficient (Wildman–Crippen LogP) is 10.3. The Morgan fingerprint density at radius 1 is 0.440 bits per heavy atom. The molecule has 0 bridgehead atoms. The Morgan fingerprint density at radius 3 is 1.84 bits per heavy atom. The summed E-state index contributed by atoms with van der Waals surface area (Å²) < 4.78 is 0. The number of nitrogens with one attached hydrogen (secondary N) is 1. The highest BCUT2D eigenvalue weighted by Crippen LogP contribution is 2.38. The normalized spacial score (nSPS) is 14.2. The van der Waals surface area contributed by atoms with E-state index in [0.717, 1.165) is 44.8 Å². The molecule has 8 aromatic rings. The van der Waals surface area contributed by atoms with Crippen LogP contribution >= 0.6 is 0 Å². The number of nitrogens with zero attached hydrogens (tertiary/aromatic N) is 4. The number of benzene rings is 7. The second kappa shape index (κ2) is 12.7. The first-order chi connectivity index (χ1) is 24.8. The van der Waals surface area contributed by atoms with Gasteiger partial charge in [0.2, 0.25) is 0 Å². The van der Waals surface area contributed by atoms with Crippen molar-refractivity contribution in [2.24, 2.45) is 9.98 Å². The first-order valence-corrected chi connectivity index (χ1v) is 16.7. The zero-order valence-corrected chi connectivity index (χ0v) is 27.1. The summed E-state index contributed by atoms with van der Waals surface area (Å²) in [5.74, 6) is 2.18. The van der Waals surface area contributed by atoms with E-state index in [-0.39, 0.29) is 6.17 Å². The zero-order valence-electron chi connectivity index (χ0n) is 27.1. The number of rotatable bonds is 6. The molecule has 0 amide bonds. The Labute approximate surface area is 290 Å². The van der Waals surface area contributed by atoms with Crippen molar-refractivity contribution >= 4 is 33.2 Å². The summed E-state index contributed by atoms with van der Waals surface area (Å²) in [7, 11) is 0. The lowest BCUT2D eigenvalue weighted by Crippen LogP contribution is -2.33. The van der Waals surface area contributed by atoms with Crippen molar-refractivity contribution in [1.29, 1.82) is 0 Å². The molecule has 9 rings (SSSR count). The monoisotopic (exact) mass is 641 g/mol. The molecular weight excluding hydrogens is 611 g/mol. The molecule has 5 heteroatoms. The lowest BCUT2D eigenvalue weighted by atomic mass is 9.90. The van der Waals surface area contributed by atoms with E-state index < -0.39 is 0 Å². The summed E-state index contributed by atoms with van der Waals surface area (Å²) in [6.45, 7) is 0. The van der Waals surface area contributed by atoms with Crippen LogP contribution in [0.1, 0.15) is 22.9 Å². The zero-order chi connectivity index (χ0) is 33.3. The van der Waals surface area contributed by atoms with E-state index in [4.69, 9.17) is 9.98 Å². The largest absolute Gasteiger partial charge is 0.344 e. The van der Waals surface area contributed by atoms with Gasteiger partial charge in [-0.1, -0.05) is 133 Å². The van der Waals surface area contributed by atoms with E-state index in [9.17, 15) is 0 Å². The molecule has 7 aromatic carbocycles. The van der Waals surface area contributed by atoms with Crippen LogP contribution in [0.5, 0.6) is 0 Å². The standard InChI is InChI=1S/C45H31N5/c1-3-12-31(13-4-1)43-48-44(32-14-5-2-6-15-32)50-45(49-43)37-27-35(30-20-22-33(23-21-30)42-46-24-11-25-47-42)26-36(28-37)41-29-34-16-7-8-17-38(34)39-18-9-10-19-40(39)41/h1-29,43H,(H,48,49,50)/t43-/m0/s1. The average Bonchev–Trinajstić information content (AvgIpc) is 3.21. The molecule has 1 atom stereocenters. The van der Waals surface area contributed by atoms with E-state index in [1.165, 1.54) is 27.1 Å². The summed E-state index contributed by atoms with van der Waals surface area (Å²) in [5, 5.41) is 8.57. The molecule has 5 nitrogen and oxygen atoms in total. The van der Waals surface area contributed by atoms with Gasteiger partial charge in [-0.2, -0.15) is 0 Å². The molecule has 0 fully saturated rings. The third-order valence-electron chi connectivity index (χ3n) is 9.22. The molecular formula is C45H31N5. The maximum absolute atomic E-state index is 5.17. The minimum Gasteiger partial charge on any atom is -0.344 e. The molecule has 0 saturated heterocycles. The van der Waals surface area contributed by atoms with Gasteiger partial charge in [0, 0.05) is 29.1 Å². The van der Waals surface area contributed by atoms with Gasteiger partial charge in [-0.15, -0.1) is 0 Å². The molecule has 0 spiro atoms. The van der Waals surface area contributed by atoms with Crippen LogP contribution in [0.2, 0.25) is 0 Å². The molecule has 1 aromatic heterocycles. The van der Waals surface area contributed by atoms with Crippen molar-refractivity contribution in [2.45, 2.75) is 6.17 Å². The molecule has 236 valence electrons. The van der Waals surface area contributed by atoms with Crippen molar-refractivity contribution in [3.63, 3.8) is 0 Å². The fourth-order valence-electron chi connectivity index (χ4n) is 6.76. The molecule has 0 radical (unpaired) electrons. The molecule has 1 N–H and O–H groups in total. The first kappa shape index (κ1) is 29.4. The Bertz CT molecular complexity index is 2540. The van der Waals surface area contributed by atoms with Gasteiger partial charge in [0.15, 0.2) is 11.7 Å². The fourth-order valence-corrected chi connectivity index (χ4v) is 6.76. The summed E-state index contributed by atoms with van der Waals surface area (Å²) in [4.78, 5) is 19.2. The number of hydrogen-bond donors (Lipinski definition) is 1. The fraction of sp³-hybridized carbons (Fsp3) is 0.0222. The van der Waals surface area contributed by atoms with Crippen LogP contribution in [-0.4, -0.2) is 21.6 Å². The van der Waals surface area contributed by atoms with Gasteiger partial charge in [-0.3, -0.25) is 0 Å². The van der Waals surface area contributed by atoms with Crippen LogP contribution in [-0.2, 0) is 0 Å². The van der Waals surface area contributed by atoms with Crippen LogP contribution in [0.3, 0.4) is 0 Å². The van der Waals surface area contributed by atoms with Gasteiger partial charge in [0.05, 0.1) is 0 Å². The minimum atomic E-state index is -0.294. The Kier molecular flexibility index (Phi) is 7.48. The van der Waals surface area contributed by atoms with E-state index >= 15 is 0 Å². The molecule has 50 heavy (non-hydrogen) atoms. The molecule has 1 aliphatic rings. The Morgan fingerprint density at radius 2 is 1.06 bits per heavy atom. The van der Waals surface area contributed by atoms with Crippen molar-refractivity contribution in [3.05, 3.63) is 193 Å². The lowest BCUT2D eigenvalue weighted by Gasteiger charge is -2.24. The van der Waals surface area contributed by atoms with E-state index in [0.29, 0.717) is 11.7 Å². The summed E-state index contributed by atoms with van der Waals surface area (Å²) in [6, 6.07) is 57.2. The Hall–Kier alpha value is -6.72. The summed E-state index contributed by atoms with van der Waals surface area (Å²) in [6.07, 6.45) is 3.25. The van der Waals surface area contributed by atoms with E-state index in [2.05, 4.69) is 137 Å². The molecule has 2 heterocycles. The second-order valence-electron chi connectivity index (χ2n) is 12.4. The highest BCUT2D eigenvalue weighted by atomic mass is 15.2. The van der Waals surface area contributed by atoms with Crippen molar-refractivity contribution in [3.8, 4) is 33.6 Å². The molecule has 0 unspecified atom stereocenters. The van der Waals surface area contributed by atoms with Gasteiger partial charge in [0.25, 0.3) is 0 Å². The number of aromatic nitrogens is 2. The molecule has 0 saturated carbocycles. The van der Waals surface area contributed by atoms with Crippen LogP contribution in [0.15, 0.2) is 186 Å². The number of fused-ring (bicyclic) bond motifs is 3. The van der Waals surface area contributed by atoms with Crippen molar-refractivity contribution < 1.29 is 0 Å². The molecule has 1 aliphatic heterocycles. The summed E-state index contributed by atoms with van der Waals surface area (Å²) >= 11 is 0. The third-order valence-corrected chi connectivity index (χ3v) is 9.22. The average molecular weight is 642 g/mol. The number of amidine groups is 2. The topological polar surface area (TPSA) is 62.5 Å². The third kappa shape index (κ3) is 5.61. The maximum atomic E-state index is 5.17. The highest BCUT2D eigenvalue weighted by molar-refractivity contribution is 6.16. The van der Waals surface area contributed by atoms with Gasteiger partial charge in [0.1, 0.15) is 12.0 Å². The maximum Gasteiger partial charge on any atom is 0.159 e. The van der Waals surface area contributed by atoms with Gasteiger partial charge >= 0.3 is 0 Å². The lowest BCUT2D eigenvalue weighted by molar-refractivity contribution is 0.674. The van der Waals surface area contributed by atoms with Crippen LogP contribution in [0.4, 0.5) is 0 Å². The predicted molar refractivity (Wildman–Crippen MR) is 205 cm³/mol. The van der Waals surface area contributed by atoms with E-state index in [1.54, 1.807) is 12.4 Å². The molecule has 0 aliphatic carbocycles. The summed E-state index contributed by atoms with van der Waals surface area (Å²) in [5.41, 5.74) is 8.45. The van der Waals surface area contributed by atoms with Crippen LogP contribution < -0.4 is 5.32 Å².